The molecular weight excluding hydrogens is 214 g/mol. The van der Waals surface area contributed by atoms with E-state index in [2.05, 4.69) is 11.9 Å². The Morgan fingerprint density at radius 2 is 2.29 bits per heavy atom. The summed E-state index contributed by atoms with van der Waals surface area (Å²) >= 11 is 0. The van der Waals surface area contributed by atoms with Gasteiger partial charge in [-0.15, -0.1) is 0 Å². The molecule has 3 nitrogen and oxygen atoms in total. The van der Waals surface area contributed by atoms with Crippen molar-refractivity contribution in [3.8, 4) is 5.75 Å². The lowest BCUT2D eigenvalue weighted by molar-refractivity contribution is 0.0692. The van der Waals surface area contributed by atoms with Crippen LogP contribution in [0.1, 0.15) is 44.3 Å². The fourth-order valence-corrected chi connectivity index (χ4v) is 2.83. The van der Waals surface area contributed by atoms with Crippen molar-refractivity contribution in [3.05, 3.63) is 24.0 Å². The van der Waals surface area contributed by atoms with Gasteiger partial charge in [0.25, 0.3) is 0 Å². The summed E-state index contributed by atoms with van der Waals surface area (Å²) in [6.45, 7) is 2.27. The molecule has 0 spiro atoms. The summed E-state index contributed by atoms with van der Waals surface area (Å²) in [5.41, 5.74) is 0.876. The van der Waals surface area contributed by atoms with Crippen LogP contribution in [-0.4, -0.2) is 17.2 Å². The number of nitrogens with zero attached hydrogens (tertiary/aromatic N) is 1. The molecule has 3 heteroatoms. The Morgan fingerprint density at radius 3 is 3.00 bits per heavy atom. The summed E-state index contributed by atoms with van der Waals surface area (Å²) < 4.78 is 5.26. The van der Waals surface area contributed by atoms with E-state index in [-0.39, 0.29) is 0 Å². The van der Waals surface area contributed by atoms with Gasteiger partial charge >= 0.3 is 0 Å². The lowest BCUT2D eigenvalue weighted by atomic mass is 9.78. The van der Waals surface area contributed by atoms with Crippen LogP contribution in [0.2, 0.25) is 0 Å². The number of rotatable bonds is 3. The highest BCUT2D eigenvalue weighted by molar-refractivity contribution is 5.32. The molecule has 1 aliphatic carbocycles. The fourth-order valence-electron chi connectivity index (χ4n) is 2.83. The maximum atomic E-state index is 10.5. The van der Waals surface area contributed by atoms with Crippen LogP contribution in [0.5, 0.6) is 5.75 Å². The molecule has 0 bridgehead atoms. The van der Waals surface area contributed by atoms with Crippen molar-refractivity contribution in [2.75, 3.05) is 7.11 Å². The van der Waals surface area contributed by atoms with E-state index in [4.69, 9.17) is 4.74 Å². The fraction of sp³-hybridized carbons (Fsp3) is 0.643. The average molecular weight is 235 g/mol. The third kappa shape index (κ3) is 2.78. The minimum absolute atomic E-state index is 0.357. The number of pyridine rings is 1. The van der Waals surface area contributed by atoms with Crippen molar-refractivity contribution < 1.29 is 9.84 Å². The van der Waals surface area contributed by atoms with Crippen molar-refractivity contribution in [1.82, 2.24) is 4.98 Å². The Bertz CT molecular complexity index is 367. The smallest absolute Gasteiger partial charge is 0.142 e. The van der Waals surface area contributed by atoms with Crippen molar-refractivity contribution in [2.24, 2.45) is 11.8 Å². The Balaban J connectivity index is 2.15. The molecule has 1 fully saturated rings. The van der Waals surface area contributed by atoms with E-state index in [0.717, 1.165) is 24.3 Å². The minimum Gasteiger partial charge on any atom is -0.495 e. The molecule has 94 valence electrons. The van der Waals surface area contributed by atoms with Gasteiger partial charge in [-0.3, -0.25) is 4.98 Å². The van der Waals surface area contributed by atoms with Crippen molar-refractivity contribution in [2.45, 2.75) is 38.7 Å². The van der Waals surface area contributed by atoms with E-state index >= 15 is 0 Å². The molecule has 3 unspecified atom stereocenters. The molecule has 2 rings (SSSR count). The molecule has 1 aromatic heterocycles. The Labute approximate surface area is 103 Å². The lowest BCUT2D eigenvalue weighted by Crippen LogP contribution is -2.20. The highest BCUT2D eigenvalue weighted by Crippen LogP contribution is 2.39. The van der Waals surface area contributed by atoms with Crippen LogP contribution in [-0.2, 0) is 0 Å². The number of ether oxygens (including phenoxy) is 1. The van der Waals surface area contributed by atoms with Crippen LogP contribution in [0.4, 0.5) is 0 Å². The van der Waals surface area contributed by atoms with Gasteiger partial charge in [0.2, 0.25) is 0 Å². The molecule has 1 N–H and O–H groups in total. The second-order valence-electron chi connectivity index (χ2n) is 5.09. The molecule has 1 aliphatic rings. The molecule has 1 aromatic rings. The maximum absolute atomic E-state index is 10.5. The standard InChI is InChI=1S/C14H21NO2/c1-10-4-3-5-11(8-10)14(16)12-6-7-15-9-13(12)17-2/h6-7,9-11,14,16H,3-5,8H2,1-2H3. The van der Waals surface area contributed by atoms with Crippen LogP contribution in [0, 0.1) is 11.8 Å². The van der Waals surface area contributed by atoms with Gasteiger partial charge in [0.15, 0.2) is 0 Å². The topological polar surface area (TPSA) is 42.4 Å². The quantitative estimate of drug-likeness (QED) is 0.875. The molecule has 0 saturated heterocycles. The second kappa shape index (κ2) is 5.50. The number of methoxy groups -OCH3 is 1. The van der Waals surface area contributed by atoms with Crippen molar-refractivity contribution in [3.63, 3.8) is 0 Å². The van der Waals surface area contributed by atoms with Gasteiger partial charge in [-0.1, -0.05) is 19.8 Å². The van der Waals surface area contributed by atoms with Crippen LogP contribution in [0.15, 0.2) is 18.5 Å². The Hall–Kier alpha value is -1.09. The van der Waals surface area contributed by atoms with Gasteiger partial charge in [0.05, 0.1) is 19.4 Å². The lowest BCUT2D eigenvalue weighted by Gasteiger charge is -2.31. The SMILES string of the molecule is COc1cnccc1C(O)C1CCCC(C)C1. The van der Waals surface area contributed by atoms with Crippen LogP contribution >= 0.6 is 0 Å². The van der Waals surface area contributed by atoms with Crippen LogP contribution in [0.3, 0.4) is 0 Å². The first-order valence-electron chi connectivity index (χ1n) is 6.38. The van der Waals surface area contributed by atoms with E-state index in [0.29, 0.717) is 11.7 Å². The summed E-state index contributed by atoms with van der Waals surface area (Å²) in [4.78, 5) is 4.02. The summed E-state index contributed by atoms with van der Waals surface area (Å²) in [5, 5.41) is 10.5. The first kappa shape index (κ1) is 12.4. The van der Waals surface area contributed by atoms with Gasteiger partial charge in [0.1, 0.15) is 5.75 Å². The van der Waals surface area contributed by atoms with Crippen LogP contribution < -0.4 is 4.74 Å². The number of aromatic nitrogens is 1. The first-order chi connectivity index (χ1) is 8.22. The Kier molecular flexibility index (Phi) is 4.00. The third-order valence-electron chi connectivity index (χ3n) is 3.78. The van der Waals surface area contributed by atoms with Gasteiger partial charge in [-0.25, -0.2) is 0 Å². The molecule has 0 aliphatic heterocycles. The van der Waals surface area contributed by atoms with Gasteiger partial charge in [0, 0.05) is 11.8 Å². The molecular formula is C14H21NO2. The van der Waals surface area contributed by atoms with Crippen LogP contribution in [0.25, 0.3) is 0 Å². The maximum Gasteiger partial charge on any atom is 0.142 e. The molecule has 17 heavy (non-hydrogen) atoms. The largest absolute Gasteiger partial charge is 0.495 e. The molecule has 0 radical (unpaired) electrons. The number of hydrogen-bond acceptors (Lipinski definition) is 3. The zero-order valence-corrected chi connectivity index (χ0v) is 10.6. The monoisotopic (exact) mass is 235 g/mol. The molecule has 0 aromatic carbocycles. The zero-order chi connectivity index (χ0) is 12.3. The van der Waals surface area contributed by atoms with E-state index in [1.54, 1.807) is 19.5 Å². The highest BCUT2D eigenvalue weighted by atomic mass is 16.5. The first-order valence-corrected chi connectivity index (χ1v) is 6.38. The van der Waals surface area contributed by atoms with E-state index < -0.39 is 6.10 Å². The van der Waals surface area contributed by atoms with Crippen molar-refractivity contribution in [1.29, 1.82) is 0 Å². The minimum atomic E-state index is -0.421. The normalized spacial score (nSPS) is 26.5. The summed E-state index contributed by atoms with van der Waals surface area (Å²) in [6, 6.07) is 1.86. The van der Waals surface area contributed by atoms with E-state index in [1.807, 2.05) is 6.07 Å². The van der Waals surface area contributed by atoms with Gasteiger partial charge in [-0.05, 0) is 30.7 Å². The van der Waals surface area contributed by atoms with E-state index in [1.165, 1.54) is 12.8 Å². The second-order valence-corrected chi connectivity index (χ2v) is 5.09. The van der Waals surface area contributed by atoms with Crippen molar-refractivity contribution >= 4 is 0 Å². The summed E-state index contributed by atoms with van der Waals surface area (Å²) in [6.07, 6.45) is 7.69. The molecule has 1 saturated carbocycles. The summed E-state index contributed by atoms with van der Waals surface area (Å²) in [7, 11) is 1.62. The average Bonchev–Trinajstić information content (AvgIpc) is 2.38. The number of aliphatic hydroxyl groups excluding tert-OH is 1. The third-order valence-corrected chi connectivity index (χ3v) is 3.78. The highest BCUT2D eigenvalue weighted by Gasteiger charge is 2.28. The van der Waals surface area contributed by atoms with Gasteiger partial charge in [-0.2, -0.15) is 0 Å². The van der Waals surface area contributed by atoms with Gasteiger partial charge < -0.3 is 9.84 Å². The molecule has 3 atom stereocenters. The predicted molar refractivity (Wildman–Crippen MR) is 66.9 cm³/mol. The predicted octanol–water partition coefficient (Wildman–Crippen LogP) is 2.95. The Morgan fingerprint density at radius 1 is 1.47 bits per heavy atom. The molecule has 1 heterocycles. The zero-order valence-electron chi connectivity index (χ0n) is 10.6. The molecule has 0 amide bonds. The summed E-state index contributed by atoms with van der Waals surface area (Å²) in [5.74, 6) is 1.77. The number of aliphatic hydroxyl groups is 1. The number of hydrogen-bond donors (Lipinski definition) is 1. The van der Waals surface area contributed by atoms with E-state index in [9.17, 15) is 5.11 Å².